The molecule has 2 aromatic heterocycles. The lowest BCUT2D eigenvalue weighted by molar-refractivity contribution is -0.116. The molecular weight excluding hydrogens is 368 g/mol. The van der Waals surface area contributed by atoms with E-state index >= 15 is 0 Å². The van der Waals surface area contributed by atoms with Crippen LogP contribution >= 0.6 is 11.3 Å². The van der Waals surface area contributed by atoms with E-state index in [0.29, 0.717) is 12.2 Å². The average Bonchev–Trinajstić information content (AvgIpc) is 3.28. The molecule has 1 N–H and O–H groups in total. The Bertz CT molecular complexity index is 1140. The Morgan fingerprint density at radius 2 is 1.96 bits per heavy atom. The van der Waals surface area contributed by atoms with Crippen LogP contribution in [0.5, 0.6) is 0 Å². The Balaban J connectivity index is 1.68. The van der Waals surface area contributed by atoms with Crippen LogP contribution in [0.25, 0.3) is 11.4 Å². The largest absolute Gasteiger partial charge is 0.328 e. The van der Waals surface area contributed by atoms with Crippen LogP contribution in [0.2, 0.25) is 0 Å². The quantitative estimate of drug-likeness (QED) is 0.672. The molecule has 6 heteroatoms. The van der Waals surface area contributed by atoms with E-state index in [1.54, 1.807) is 11.3 Å². The standard InChI is InChI=1S/C22H22N4OS/c1-12-7-8-15(11-14(12)3)21-24-22-23-16-5-4-6-17(27)18(16)19(26(22)25-21)20-13(2)9-10-28-20/h7-11,19H,4-6H2,1-3H3,(H,23,24,25). The highest BCUT2D eigenvalue weighted by atomic mass is 32.1. The number of fused-ring (bicyclic) bond motifs is 1. The van der Waals surface area contributed by atoms with Crippen molar-refractivity contribution in [1.29, 1.82) is 0 Å². The summed E-state index contributed by atoms with van der Waals surface area (Å²) in [5.41, 5.74) is 6.53. The first-order chi connectivity index (χ1) is 13.5. The summed E-state index contributed by atoms with van der Waals surface area (Å²) in [5, 5.41) is 10.4. The third-order valence-electron chi connectivity index (χ3n) is 5.78. The molecule has 5 nitrogen and oxygen atoms in total. The average molecular weight is 391 g/mol. The number of carbonyl (C=O) groups excluding carboxylic acids is 1. The van der Waals surface area contributed by atoms with Gasteiger partial charge in [-0.25, -0.2) is 4.68 Å². The van der Waals surface area contributed by atoms with E-state index < -0.39 is 0 Å². The fraction of sp³-hybridized carbons (Fsp3) is 0.318. The van der Waals surface area contributed by atoms with Gasteiger partial charge in [-0.1, -0.05) is 12.1 Å². The number of aryl methyl sites for hydroxylation is 3. The van der Waals surface area contributed by atoms with E-state index in [-0.39, 0.29) is 11.8 Å². The minimum atomic E-state index is -0.188. The van der Waals surface area contributed by atoms with E-state index in [2.05, 4.69) is 55.7 Å². The molecule has 3 heterocycles. The number of rotatable bonds is 2. The first-order valence-corrected chi connectivity index (χ1v) is 10.5. The number of hydrogen-bond acceptors (Lipinski definition) is 5. The van der Waals surface area contributed by atoms with Crippen molar-refractivity contribution in [2.75, 3.05) is 5.32 Å². The maximum atomic E-state index is 12.9. The SMILES string of the molecule is Cc1ccc(-c2nc3n(n2)C(c2sccc2C)C2=C(CCCC2=O)N3)cc1C. The topological polar surface area (TPSA) is 59.8 Å². The molecule has 28 heavy (non-hydrogen) atoms. The van der Waals surface area contributed by atoms with Crippen molar-refractivity contribution in [2.24, 2.45) is 0 Å². The van der Waals surface area contributed by atoms with E-state index in [1.165, 1.54) is 21.6 Å². The second-order valence-corrected chi connectivity index (χ2v) is 8.61. The number of nitrogens with zero attached hydrogens (tertiary/aromatic N) is 3. The van der Waals surface area contributed by atoms with Gasteiger partial charge in [-0.2, -0.15) is 4.98 Å². The minimum absolute atomic E-state index is 0.188. The van der Waals surface area contributed by atoms with E-state index in [1.807, 2.05) is 4.68 Å². The summed E-state index contributed by atoms with van der Waals surface area (Å²) in [6.45, 7) is 6.30. The van der Waals surface area contributed by atoms with E-state index in [0.717, 1.165) is 35.6 Å². The molecule has 1 atom stereocenters. The summed E-state index contributed by atoms with van der Waals surface area (Å²) >= 11 is 1.68. The maximum absolute atomic E-state index is 12.9. The van der Waals surface area contributed by atoms with Gasteiger partial charge in [0.1, 0.15) is 6.04 Å². The fourth-order valence-corrected chi connectivity index (χ4v) is 5.09. The molecule has 2 aliphatic rings. The monoisotopic (exact) mass is 390 g/mol. The molecular formula is C22H22N4OS. The van der Waals surface area contributed by atoms with Gasteiger partial charge in [-0.3, -0.25) is 4.79 Å². The number of benzene rings is 1. The third kappa shape index (κ3) is 2.63. The number of Topliss-reactive ketones (excluding diaryl/α,β-unsaturated/α-hetero) is 1. The molecule has 0 saturated heterocycles. The molecule has 5 rings (SSSR count). The lowest BCUT2D eigenvalue weighted by Crippen LogP contribution is -2.31. The molecule has 0 radical (unpaired) electrons. The Labute approximate surface area is 168 Å². The Morgan fingerprint density at radius 1 is 1.11 bits per heavy atom. The second-order valence-electron chi connectivity index (χ2n) is 7.67. The van der Waals surface area contributed by atoms with E-state index in [4.69, 9.17) is 10.1 Å². The molecule has 3 aromatic rings. The zero-order chi connectivity index (χ0) is 19.4. The number of aromatic nitrogens is 3. The van der Waals surface area contributed by atoms with Crippen LogP contribution in [0.15, 0.2) is 40.9 Å². The van der Waals surface area contributed by atoms with Crippen molar-refractivity contribution >= 4 is 23.1 Å². The number of allylic oxidation sites excluding steroid dienone is 2. The highest BCUT2D eigenvalue weighted by Gasteiger charge is 2.38. The fourth-order valence-electron chi connectivity index (χ4n) is 4.07. The number of thiophene rings is 1. The summed E-state index contributed by atoms with van der Waals surface area (Å²) in [6.07, 6.45) is 2.38. The van der Waals surface area contributed by atoms with Crippen LogP contribution in [0.4, 0.5) is 5.95 Å². The second kappa shape index (κ2) is 6.41. The maximum Gasteiger partial charge on any atom is 0.226 e. The smallest absolute Gasteiger partial charge is 0.226 e. The van der Waals surface area contributed by atoms with Crippen molar-refractivity contribution in [3.63, 3.8) is 0 Å². The van der Waals surface area contributed by atoms with Gasteiger partial charge in [0, 0.05) is 28.1 Å². The molecule has 142 valence electrons. The van der Waals surface area contributed by atoms with Crippen LogP contribution in [-0.2, 0) is 4.79 Å². The highest BCUT2D eigenvalue weighted by molar-refractivity contribution is 7.10. The van der Waals surface area contributed by atoms with Crippen molar-refractivity contribution in [3.05, 3.63) is 62.5 Å². The number of anilines is 1. The number of hydrogen-bond donors (Lipinski definition) is 1. The minimum Gasteiger partial charge on any atom is -0.328 e. The van der Waals surface area contributed by atoms with Gasteiger partial charge in [-0.15, -0.1) is 16.4 Å². The zero-order valence-corrected chi connectivity index (χ0v) is 17.1. The summed E-state index contributed by atoms with van der Waals surface area (Å²) in [4.78, 5) is 18.8. The van der Waals surface area contributed by atoms with Gasteiger partial charge >= 0.3 is 0 Å². The molecule has 1 aliphatic heterocycles. The molecule has 0 fully saturated rings. The van der Waals surface area contributed by atoms with Crippen molar-refractivity contribution in [3.8, 4) is 11.4 Å². The van der Waals surface area contributed by atoms with Gasteiger partial charge < -0.3 is 5.32 Å². The first kappa shape index (κ1) is 17.4. The molecule has 1 unspecified atom stereocenters. The molecule has 0 spiro atoms. The van der Waals surface area contributed by atoms with Gasteiger partial charge in [0.05, 0.1) is 0 Å². The number of nitrogens with one attached hydrogen (secondary N) is 1. The number of ketones is 1. The molecule has 0 saturated carbocycles. The first-order valence-electron chi connectivity index (χ1n) is 9.64. The van der Waals surface area contributed by atoms with Crippen LogP contribution in [0.1, 0.15) is 46.9 Å². The normalized spacial score (nSPS) is 18.7. The lowest BCUT2D eigenvalue weighted by atomic mass is 9.87. The molecule has 0 amide bonds. The summed E-state index contributed by atoms with van der Waals surface area (Å²) in [6, 6.07) is 8.21. The molecule has 1 aromatic carbocycles. The van der Waals surface area contributed by atoms with Crippen LogP contribution < -0.4 is 5.32 Å². The van der Waals surface area contributed by atoms with Crippen LogP contribution in [0.3, 0.4) is 0 Å². The van der Waals surface area contributed by atoms with Crippen molar-refractivity contribution in [1.82, 2.24) is 14.8 Å². The van der Waals surface area contributed by atoms with Crippen LogP contribution in [-0.4, -0.2) is 20.5 Å². The van der Waals surface area contributed by atoms with E-state index in [9.17, 15) is 4.79 Å². The summed E-state index contributed by atoms with van der Waals surface area (Å²) in [5.74, 6) is 1.64. The van der Waals surface area contributed by atoms with Crippen molar-refractivity contribution in [2.45, 2.75) is 46.1 Å². The third-order valence-corrected chi connectivity index (χ3v) is 6.85. The van der Waals surface area contributed by atoms with Crippen LogP contribution in [0, 0.1) is 20.8 Å². The van der Waals surface area contributed by atoms with Crippen molar-refractivity contribution < 1.29 is 4.79 Å². The Kier molecular flexibility index (Phi) is 3.98. The molecule has 0 bridgehead atoms. The van der Waals surface area contributed by atoms with Gasteiger partial charge in [0.15, 0.2) is 11.6 Å². The highest BCUT2D eigenvalue weighted by Crippen LogP contribution is 2.43. The van der Waals surface area contributed by atoms with Gasteiger partial charge in [0.25, 0.3) is 0 Å². The summed E-state index contributed by atoms with van der Waals surface area (Å²) in [7, 11) is 0. The number of carbonyl (C=O) groups is 1. The predicted molar refractivity (Wildman–Crippen MR) is 112 cm³/mol. The van der Waals surface area contributed by atoms with Gasteiger partial charge in [0.2, 0.25) is 5.95 Å². The lowest BCUT2D eigenvalue weighted by Gasteiger charge is -2.31. The Hall–Kier alpha value is -2.73. The predicted octanol–water partition coefficient (Wildman–Crippen LogP) is 4.95. The summed E-state index contributed by atoms with van der Waals surface area (Å²) < 4.78 is 1.91. The Morgan fingerprint density at radius 3 is 2.71 bits per heavy atom. The molecule has 1 aliphatic carbocycles. The zero-order valence-electron chi connectivity index (χ0n) is 16.2. The van der Waals surface area contributed by atoms with Gasteiger partial charge in [-0.05, 0) is 67.8 Å².